The van der Waals surface area contributed by atoms with E-state index < -0.39 is 0 Å². The number of fused-ring (bicyclic) bond motifs is 1. The summed E-state index contributed by atoms with van der Waals surface area (Å²) in [5, 5.41) is 2.72. The van der Waals surface area contributed by atoms with Gasteiger partial charge in [-0.3, -0.25) is 9.59 Å². The lowest BCUT2D eigenvalue weighted by Crippen LogP contribution is -2.26. The lowest BCUT2D eigenvalue weighted by Gasteiger charge is -2.33. The highest BCUT2D eigenvalue weighted by Crippen LogP contribution is 2.40. The SMILES string of the molecule is CC(C)(C)C1CCc2sc(C(=O)Nc3cc(Br)c[nH]c3=O)cc2C1. The maximum atomic E-state index is 12.5. The molecule has 0 bridgehead atoms. The first-order valence-corrected chi connectivity index (χ1v) is 9.66. The molecule has 0 spiro atoms. The summed E-state index contributed by atoms with van der Waals surface area (Å²) in [6.07, 6.45) is 4.78. The molecule has 24 heavy (non-hydrogen) atoms. The molecule has 2 heterocycles. The van der Waals surface area contributed by atoms with Gasteiger partial charge in [-0.05, 0) is 64.2 Å². The molecule has 1 aliphatic carbocycles. The Morgan fingerprint density at radius 3 is 2.83 bits per heavy atom. The zero-order valence-corrected chi connectivity index (χ0v) is 16.4. The molecule has 1 unspecified atom stereocenters. The fraction of sp³-hybridized carbons (Fsp3) is 0.444. The molecule has 2 N–H and O–H groups in total. The van der Waals surface area contributed by atoms with Crippen molar-refractivity contribution < 1.29 is 4.79 Å². The van der Waals surface area contributed by atoms with Crippen molar-refractivity contribution >= 4 is 38.9 Å². The first-order valence-electron chi connectivity index (χ1n) is 8.05. The molecule has 1 amide bonds. The number of aromatic nitrogens is 1. The molecule has 0 saturated carbocycles. The van der Waals surface area contributed by atoms with Crippen molar-refractivity contribution in [2.45, 2.75) is 40.0 Å². The summed E-state index contributed by atoms with van der Waals surface area (Å²) in [5.41, 5.74) is 1.53. The molecule has 0 aliphatic heterocycles. The van der Waals surface area contributed by atoms with Crippen molar-refractivity contribution in [1.29, 1.82) is 0 Å². The second-order valence-corrected chi connectivity index (χ2v) is 9.43. The average Bonchev–Trinajstić information content (AvgIpc) is 2.93. The number of amides is 1. The van der Waals surface area contributed by atoms with Crippen molar-refractivity contribution in [1.82, 2.24) is 4.98 Å². The number of hydrogen-bond acceptors (Lipinski definition) is 3. The van der Waals surface area contributed by atoms with E-state index in [1.165, 1.54) is 16.9 Å². The van der Waals surface area contributed by atoms with Crippen LogP contribution in [0.5, 0.6) is 0 Å². The van der Waals surface area contributed by atoms with E-state index in [0.717, 1.165) is 17.3 Å². The van der Waals surface area contributed by atoms with Crippen LogP contribution in [0.15, 0.2) is 27.6 Å². The fourth-order valence-corrected chi connectivity index (χ4v) is 4.56. The third-order valence-electron chi connectivity index (χ3n) is 4.65. The Kier molecular flexibility index (Phi) is 4.71. The summed E-state index contributed by atoms with van der Waals surface area (Å²) in [4.78, 5) is 28.9. The van der Waals surface area contributed by atoms with Gasteiger partial charge in [-0.15, -0.1) is 11.3 Å². The van der Waals surface area contributed by atoms with Gasteiger partial charge in [0.25, 0.3) is 11.5 Å². The van der Waals surface area contributed by atoms with Gasteiger partial charge in [-0.2, -0.15) is 0 Å². The minimum atomic E-state index is -0.305. The molecule has 1 atom stereocenters. The number of carbonyl (C=O) groups is 1. The first kappa shape index (κ1) is 17.4. The first-order chi connectivity index (χ1) is 11.2. The van der Waals surface area contributed by atoms with Crippen LogP contribution < -0.4 is 10.9 Å². The summed E-state index contributed by atoms with van der Waals surface area (Å²) in [7, 11) is 0. The van der Waals surface area contributed by atoms with Gasteiger partial charge >= 0.3 is 0 Å². The van der Waals surface area contributed by atoms with Gasteiger partial charge in [-0.1, -0.05) is 20.8 Å². The summed E-state index contributed by atoms with van der Waals surface area (Å²) < 4.78 is 0.718. The van der Waals surface area contributed by atoms with E-state index in [4.69, 9.17) is 0 Å². The molecule has 0 fully saturated rings. The van der Waals surface area contributed by atoms with E-state index in [1.807, 2.05) is 6.07 Å². The molecule has 128 valence electrons. The highest BCUT2D eigenvalue weighted by Gasteiger charge is 2.30. The normalized spacial score (nSPS) is 17.4. The smallest absolute Gasteiger partial charge is 0.271 e. The Bertz CT molecular complexity index is 832. The van der Waals surface area contributed by atoms with Gasteiger partial charge in [-0.25, -0.2) is 0 Å². The number of hydrogen-bond donors (Lipinski definition) is 2. The molecule has 2 aromatic heterocycles. The van der Waals surface area contributed by atoms with Crippen LogP contribution in [0.2, 0.25) is 0 Å². The predicted octanol–water partition coefficient (Wildman–Crippen LogP) is 4.60. The lowest BCUT2D eigenvalue weighted by atomic mass is 9.72. The molecule has 0 aromatic carbocycles. The third kappa shape index (κ3) is 3.64. The van der Waals surface area contributed by atoms with Crippen molar-refractivity contribution in [2.24, 2.45) is 11.3 Å². The van der Waals surface area contributed by atoms with E-state index in [9.17, 15) is 9.59 Å². The van der Waals surface area contributed by atoms with Crippen molar-refractivity contribution in [3.8, 4) is 0 Å². The van der Waals surface area contributed by atoms with Crippen LogP contribution in [-0.2, 0) is 12.8 Å². The number of halogens is 1. The molecule has 3 rings (SSSR count). The minimum absolute atomic E-state index is 0.217. The van der Waals surface area contributed by atoms with Gasteiger partial charge in [0, 0.05) is 15.5 Å². The molecular formula is C18H21BrN2O2S. The number of H-pyrrole nitrogens is 1. The molecule has 1 aliphatic rings. The maximum Gasteiger partial charge on any atom is 0.271 e. The largest absolute Gasteiger partial charge is 0.326 e. The van der Waals surface area contributed by atoms with Crippen LogP contribution in [0.3, 0.4) is 0 Å². The Hall–Kier alpha value is -1.40. The van der Waals surface area contributed by atoms with Gasteiger partial charge in [0.05, 0.1) is 4.88 Å². The number of anilines is 1. The van der Waals surface area contributed by atoms with Crippen LogP contribution in [0.25, 0.3) is 0 Å². The predicted molar refractivity (Wildman–Crippen MR) is 102 cm³/mol. The highest BCUT2D eigenvalue weighted by atomic mass is 79.9. The average molecular weight is 409 g/mol. The number of aromatic amines is 1. The molecule has 4 nitrogen and oxygen atoms in total. The Balaban J connectivity index is 1.79. The fourth-order valence-electron chi connectivity index (χ4n) is 3.11. The number of aryl methyl sites for hydroxylation is 1. The van der Waals surface area contributed by atoms with E-state index in [2.05, 4.69) is 47.0 Å². The second kappa shape index (κ2) is 6.48. The molecular weight excluding hydrogens is 388 g/mol. The van der Waals surface area contributed by atoms with E-state index >= 15 is 0 Å². The van der Waals surface area contributed by atoms with Gasteiger partial charge in [0.1, 0.15) is 5.69 Å². The Labute approximate surface area is 153 Å². The Morgan fingerprint density at radius 1 is 1.38 bits per heavy atom. The van der Waals surface area contributed by atoms with Gasteiger partial charge in [0.15, 0.2) is 0 Å². The second-order valence-electron chi connectivity index (χ2n) is 7.38. The molecule has 6 heteroatoms. The standard InChI is InChI=1S/C18H21BrN2O2S/c1-18(2,3)11-4-5-14-10(6-11)7-15(24-14)17(23)21-13-8-12(19)9-20-16(13)22/h7-9,11H,4-6H2,1-3H3,(H,20,22)(H,21,23). The van der Waals surface area contributed by atoms with Gasteiger partial charge < -0.3 is 10.3 Å². The number of rotatable bonds is 2. The summed E-state index contributed by atoms with van der Waals surface area (Å²) >= 11 is 4.84. The molecule has 0 saturated heterocycles. The zero-order valence-electron chi connectivity index (χ0n) is 14.0. The van der Waals surface area contributed by atoms with Crippen LogP contribution >= 0.6 is 27.3 Å². The van der Waals surface area contributed by atoms with Crippen molar-refractivity contribution in [2.75, 3.05) is 5.32 Å². The van der Waals surface area contributed by atoms with Crippen LogP contribution in [0.4, 0.5) is 5.69 Å². The quantitative estimate of drug-likeness (QED) is 0.762. The summed E-state index contributed by atoms with van der Waals surface area (Å²) in [6.45, 7) is 6.84. The van der Waals surface area contributed by atoms with Gasteiger partial charge in [0.2, 0.25) is 0 Å². The Morgan fingerprint density at radius 2 is 2.12 bits per heavy atom. The topological polar surface area (TPSA) is 62.0 Å². The van der Waals surface area contributed by atoms with E-state index in [-0.39, 0.29) is 22.6 Å². The van der Waals surface area contributed by atoms with Crippen molar-refractivity contribution in [3.05, 3.63) is 48.5 Å². The van der Waals surface area contributed by atoms with Crippen molar-refractivity contribution in [3.63, 3.8) is 0 Å². The zero-order chi connectivity index (χ0) is 17.5. The molecule has 2 aromatic rings. The summed E-state index contributed by atoms with van der Waals surface area (Å²) in [6, 6.07) is 3.61. The van der Waals surface area contributed by atoms with Crippen LogP contribution in [0.1, 0.15) is 47.3 Å². The number of thiophene rings is 1. The number of carbonyl (C=O) groups excluding carboxylic acids is 1. The van der Waals surface area contributed by atoms with Crippen LogP contribution in [0, 0.1) is 11.3 Å². The highest BCUT2D eigenvalue weighted by molar-refractivity contribution is 9.10. The number of nitrogens with one attached hydrogen (secondary N) is 2. The third-order valence-corrected chi connectivity index (χ3v) is 6.34. The maximum absolute atomic E-state index is 12.5. The monoisotopic (exact) mass is 408 g/mol. The van der Waals surface area contributed by atoms with Crippen LogP contribution in [-0.4, -0.2) is 10.9 Å². The molecule has 0 radical (unpaired) electrons. The van der Waals surface area contributed by atoms with E-state index in [0.29, 0.717) is 10.8 Å². The minimum Gasteiger partial charge on any atom is -0.326 e. The lowest BCUT2D eigenvalue weighted by molar-refractivity contribution is 0.103. The van der Waals surface area contributed by atoms with E-state index in [1.54, 1.807) is 23.6 Å². The summed E-state index contributed by atoms with van der Waals surface area (Å²) in [5.74, 6) is 0.425. The number of pyridine rings is 1.